The number of nitrogens with one attached hydrogen (secondary N) is 1. The molecule has 19 heavy (non-hydrogen) atoms. The smallest absolute Gasteiger partial charge is 0.324 e. The SMILES string of the molecule is C[N+](C)(CCc1ccc(Cl)c(F)c1)C(=N)N=C(N)N. The van der Waals surface area contributed by atoms with Crippen molar-refractivity contribution >= 4 is 23.5 Å². The summed E-state index contributed by atoms with van der Waals surface area (Å²) in [6.45, 7) is 0.566. The van der Waals surface area contributed by atoms with E-state index in [4.69, 9.17) is 28.5 Å². The maximum absolute atomic E-state index is 13.3. The molecule has 0 saturated heterocycles. The summed E-state index contributed by atoms with van der Waals surface area (Å²) in [5.41, 5.74) is 11.3. The van der Waals surface area contributed by atoms with Crippen molar-refractivity contribution < 1.29 is 8.87 Å². The molecule has 0 aliphatic carbocycles. The van der Waals surface area contributed by atoms with Gasteiger partial charge in [-0.15, -0.1) is 4.99 Å². The second kappa shape index (κ2) is 5.99. The Morgan fingerprint density at radius 2 is 2.05 bits per heavy atom. The predicted molar refractivity (Wildman–Crippen MR) is 75.6 cm³/mol. The highest BCUT2D eigenvalue weighted by Gasteiger charge is 2.22. The predicted octanol–water partition coefficient (Wildman–Crippen LogP) is 1.31. The highest BCUT2D eigenvalue weighted by molar-refractivity contribution is 6.30. The van der Waals surface area contributed by atoms with Gasteiger partial charge in [0.25, 0.3) is 0 Å². The van der Waals surface area contributed by atoms with E-state index in [0.29, 0.717) is 13.0 Å². The van der Waals surface area contributed by atoms with Gasteiger partial charge in [-0.3, -0.25) is 4.48 Å². The minimum absolute atomic E-state index is 0.0504. The van der Waals surface area contributed by atoms with Crippen LogP contribution in [0.3, 0.4) is 0 Å². The Balaban J connectivity index is 2.72. The molecule has 0 saturated carbocycles. The van der Waals surface area contributed by atoms with E-state index in [1.165, 1.54) is 12.1 Å². The lowest BCUT2D eigenvalue weighted by atomic mass is 10.1. The van der Waals surface area contributed by atoms with Gasteiger partial charge in [0.15, 0.2) is 5.96 Å². The summed E-state index contributed by atoms with van der Waals surface area (Å²) in [5, 5.41) is 7.90. The lowest BCUT2D eigenvalue weighted by Crippen LogP contribution is -2.46. The van der Waals surface area contributed by atoms with Gasteiger partial charge in [-0.2, -0.15) is 0 Å². The monoisotopic (exact) mass is 286 g/mol. The van der Waals surface area contributed by atoms with Crippen molar-refractivity contribution in [1.82, 2.24) is 0 Å². The van der Waals surface area contributed by atoms with Gasteiger partial charge in [0.05, 0.1) is 25.7 Å². The first-order chi connectivity index (χ1) is 8.72. The van der Waals surface area contributed by atoms with Crippen LogP contribution in [0, 0.1) is 11.2 Å². The lowest BCUT2D eigenvalue weighted by Gasteiger charge is -2.26. The number of quaternary nitrogens is 1. The van der Waals surface area contributed by atoms with Crippen LogP contribution < -0.4 is 11.5 Å². The molecular formula is C12H18ClFN5+. The van der Waals surface area contributed by atoms with Crippen LogP contribution in [0.25, 0.3) is 0 Å². The van der Waals surface area contributed by atoms with Crippen LogP contribution in [0.4, 0.5) is 4.39 Å². The molecule has 7 heteroatoms. The first-order valence-corrected chi connectivity index (χ1v) is 6.06. The van der Waals surface area contributed by atoms with Crippen LogP contribution in [-0.2, 0) is 6.42 Å². The van der Waals surface area contributed by atoms with E-state index in [1.54, 1.807) is 20.2 Å². The highest BCUT2D eigenvalue weighted by Crippen LogP contribution is 2.16. The van der Waals surface area contributed by atoms with Gasteiger partial charge < -0.3 is 11.5 Å². The molecule has 0 spiro atoms. The van der Waals surface area contributed by atoms with Crippen LogP contribution >= 0.6 is 11.6 Å². The van der Waals surface area contributed by atoms with Crippen molar-refractivity contribution in [2.75, 3.05) is 20.6 Å². The molecule has 5 nitrogen and oxygen atoms in total. The van der Waals surface area contributed by atoms with E-state index in [9.17, 15) is 4.39 Å². The number of nitrogens with two attached hydrogens (primary N) is 2. The molecule has 0 aliphatic heterocycles. The molecule has 0 bridgehead atoms. The van der Waals surface area contributed by atoms with E-state index in [0.717, 1.165) is 5.56 Å². The largest absolute Gasteiger partial charge is 0.370 e. The first-order valence-electron chi connectivity index (χ1n) is 5.68. The Hall–Kier alpha value is -1.66. The van der Waals surface area contributed by atoms with Crippen molar-refractivity contribution in [3.05, 3.63) is 34.6 Å². The van der Waals surface area contributed by atoms with Crippen molar-refractivity contribution in [3.8, 4) is 0 Å². The summed E-state index contributed by atoms with van der Waals surface area (Å²) in [6.07, 6.45) is 0.587. The fourth-order valence-electron chi connectivity index (χ4n) is 1.47. The van der Waals surface area contributed by atoms with Crippen molar-refractivity contribution in [3.63, 3.8) is 0 Å². The zero-order chi connectivity index (χ0) is 14.6. The molecule has 0 aliphatic rings. The van der Waals surface area contributed by atoms with Gasteiger partial charge in [-0.05, 0) is 17.7 Å². The van der Waals surface area contributed by atoms with Crippen molar-refractivity contribution in [1.29, 1.82) is 5.41 Å². The van der Waals surface area contributed by atoms with Crippen LogP contribution in [0.1, 0.15) is 5.56 Å². The fraction of sp³-hybridized carbons (Fsp3) is 0.333. The van der Waals surface area contributed by atoms with E-state index in [2.05, 4.69) is 4.99 Å². The second-order valence-electron chi connectivity index (χ2n) is 4.77. The number of halogens is 2. The molecule has 0 heterocycles. The topological polar surface area (TPSA) is 88.2 Å². The zero-order valence-electron chi connectivity index (χ0n) is 11.0. The molecule has 0 radical (unpaired) electrons. The fourth-order valence-corrected chi connectivity index (χ4v) is 1.58. The van der Waals surface area contributed by atoms with Crippen LogP contribution in [0.2, 0.25) is 5.02 Å². The van der Waals surface area contributed by atoms with Crippen LogP contribution in [-0.4, -0.2) is 37.0 Å². The van der Waals surface area contributed by atoms with E-state index in [1.807, 2.05) is 0 Å². The third kappa shape index (κ3) is 4.50. The molecule has 1 aromatic rings. The first kappa shape index (κ1) is 15.4. The number of guanidine groups is 2. The normalized spacial score (nSPS) is 11.2. The Kier molecular flexibility index (Phi) is 4.85. The molecular weight excluding hydrogens is 269 g/mol. The maximum Gasteiger partial charge on any atom is 0.324 e. The number of rotatable bonds is 3. The highest BCUT2D eigenvalue weighted by atomic mass is 35.5. The molecule has 0 atom stereocenters. The number of hydrogen-bond acceptors (Lipinski definition) is 1. The number of nitrogens with zero attached hydrogens (tertiary/aromatic N) is 2. The second-order valence-corrected chi connectivity index (χ2v) is 5.17. The molecule has 0 amide bonds. The summed E-state index contributed by atoms with van der Waals surface area (Å²) >= 11 is 5.62. The van der Waals surface area contributed by atoms with E-state index < -0.39 is 5.82 Å². The van der Waals surface area contributed by atoms with Gasteiger partial charge >= 0.3 is 5.96 Å². The summed E-state index contributed by atoms with van der Waals surface area (Å²) in [5.74, 6) is -0.535. The quantitative estimate of drug-likeness (QED) is 0.444. The number of benzene rings is 1. The third-order valence-electron chi connectivity index (χ3n) is 2.75. The van der Waals surface area contributed by atoms with Gasteiger partial charge in [0, 0.05) is 6.42 Å². The van der Waals surface area contributed by atoms with Crippen LogP contribution in [0.5, 0.6) is 0 Å². The minimum atomic E-state index is -0.441. The van der Waals surface area contributed by atoms with Gasteiger partial charge in [-0.25, -0.2) is 9.80 Å². The number of aliphatic imine (C=N–C) groups is 1. The average molecular weight is 287 g/mol. The number of hydrogen-bond donors (Lipinski definition) is 3. The minimum Gasteiger partial charge on any atom is -0.370 e. The third-order valence-corrected chi connectivity index (χ3v) is 3.06. The van der Waals surface area contributed by atoms with Crippen LogP contribution in [0.15, 0.2) is 23.2 Å². The zero-order valence-corrected chi connectivity index (χ0v) is 11.7. The summed E-state index contributed by atoms with van der Waals surface area (Å²) in [4.78, 5) is 3.73. The maximum atomic E-state index is 13.3. The Morgan fingerprint density at radius 3 is 2.58 bits per heavy atom. The molecule has 1 aromatic carbocycles. The molecule has 5 N–H and O–H groups in total. The Labute approximate surface area is 116 Å². The summed E-state index contributed by atoms with van der Waals surface area (Å²) < 4.78 is 13.5. The van der Waals surface area contributed by atoms with E-state index >= 15 is 0 Å². The van der Waals surface area contributed by atoms with E-state index in [-0.39, 0.29) is 21.4 Å². The van der Waals surface area contributed by atoms with Gasteiger partial charge in [0.1, 0.15) is 5.82 Å². The molecule has 104 valence electrons. The van der Waals surface area contributed by atoms with Gasteiger partial charge in [0.2, 0.25) is 0 Å². The molecule has 1 rings (SSSR count). The summed E-state index contributed by atoms with van der Waals surface area (Å²) in [6, 6.07) is 4.68. The van der Waals surface area contributed by atoms with Gasteiger partial charge in [-0.1, -0.05) is 17.7 Å². The Bertz CT molecular complexity index is 509. The Morgan fingerprint density at radius 1 is 1.42 bits per heavy atom. The standard InChI is InChI=1S/C12H18ClFN5/c1-19(2,12(17)18-11(15)16)6-5-8-3-4-9(13)10(14)7-8/h3-4,7H,5-6H2,1-2H3,(H5,15,16,17,18)/q+1. The van der Waals surface area contributed by atoms with Crippen molar-refractivity contribution in [2.24, 2.45) is 16.5 Å². The molecule has 0 fully saturated rings. The summed E-state index contributed by atoms with van der Waals surface area (Å²) in [7, 11) is 3.61. The average Bonchev–Trinajstić information content (AvgIpc) is 2.30. The lowest BCUT2D eigenvalue weighted by molar-refractivity contribution is -0.801. The number of likely N-dealkylation sites (N-methyl/N-ethyl adjacent to an activating group) is 1. The molecule has 0 unspecified atom stereocenters. The molecule has 0 aromatic heterocycles. The van der Waals surface area contributed by atoms with Crippen molar-refractivity contribution in [2.45, 2.75) is 6.42 Å².